The van der Waals surface area contributed by atoms with E-state index < -0.39 is 11.7 Å². The van der Waals surface area contributed by atoms with Gasteiger partial charge in [-0.25, -0.2) is 14.1 Å². The zero-order chi connectivity index (χ0) is 22.1. The number of nitrogens with zero attached hydrogens (tertiary/aromatic N) is 5. The highest BCUT2D eigenvalue weighted by atomic mass is 35.5. The van der Waals surface area contributed by atoms with Gasteiger partial charge in [0.25, 0.3) is 11.8 Å². The molecule has 7 nitrogen and oxygen atoms in total. The van der Waals surface area contributed by atoms with Crippen molar-refractivity contribution in [3.8, 4) is 5.69 Å². The summed E-state index contributed by atoms with van der Waals surface area (Å²) in [7, 11) is 0. The van der Waals surface area contributed by atoms with Gasteiger partial charge >= 0.3 is 0 Å². The molecule has 1 aliphatic heterocycles. The smallest absolute Gasteiger partial charge is 0.293 e. The van der Waals surface area contributed by atoms with Crippen molar-refractivity contribution in [1.29, 1.82) is 0 Å². The molecule has 10 heteroatoms. The zero-order valence-corrected chi connectivity index (χ0v) is 18.1. The van der Waals surface area contributed by atoms with Crippen LogP contribution in [0.15, 0.2) is 42.5 Å². The molecule has 2 aromatic carbocycles. The third-order valence-corrected chi connectivity index (χ3v) is 5.61. The van der Waals surface area contributed by atoms with E-state index in [-0.39, 0.29) is 48.5 Å². The average molecular weight is 462 g/mol. The quantitative estimate of drug-likeness (QED) is 0.596. The number of hydrogen-bond donors (Lipinski definition) is 0. The summed E-state index contributed by atoms with van der Waals surface area (Å²) >= 11 is 12.1. The van der Waals surface area contributed by atoms with Gasteiger partial charge in [-0.1, -0.05) is 35.3 Å². The number of piperazine rings is 1. The first-order valence-electron chi connectivity index (χ1n) is 9.57. The number of para-hydroxylation sites is 1. The largest absolute Gasteiger partial charge is 0.335 e. The number of benzene rings is 2. The predicted octanol–water partition coefficient (Wildman–Crippen LogP) is 3.62. The lowest BCUT2D eigenvalue weighted by Gasteiger charge is -2.34. The predicted molar refractivity (Wildman–Crippen MR) is 114 cm³/mol. The first-order valence-corrected chi connectivity index (χ1v) is 10.3. The zero-order valence-electron chi connectivity index (χ0n) is 16.6. The van der Waals surface area contributed by atoms with Gasteiger partial charge in [-0.15, -0.1) is 5.10 Å². The first kappa shape index (κ1) is 21.3. The number of rotatable bonds is 3. The van der Waals surface area contributed by atoms with Crippen LogP contribution in [0.1, 0.15) is 26.8 Å². The first-order chi connectivity index (χ1) is 14.8. The minimum Gasteiger partial charge on any atom is -0.335 e. The van der Waals surface area contributed by atoms with E-state index in [1.165, 1.54) is 27.8 Å². The van der Waals surface area contributed by atoms with Crippen LogP contribution in [-0.2, 0) is 0 Å². The van der Waals surface area contributed by atoms with E-state index in [9.17, 15) is 14.0 Å². The molecular formula is C21H18Cl2FN5O2. The van der Waals surface area contributed by atoms with Gasteiger partial charge in [-0.3, -0.25) is 9.59 Å². The Balaban J connectivity index is 1.45. The molecule has 4 rings (SSSR count). The van der Waals surface area contributed by atoms with Crippen molar-refractivity contribution in [1.82, 2.24) is 24.6 Å². The van der Waals surface area contributed by atoms with E-state index in [0.29, 0.717) is 16.5 Å². The Hall–Kier alpha value is -2.97. The van der Waals surface area contributed by atoms with E-state index in [2.05, 4.69) is 10.1 Å². The molecular weight excluding hydrogens is 444 g/mol. The molecule has 0 spiro atoms. The van der Waals surface area contributed by atoms with Crippen molar-refractivity contribution in [2.75, 3.05) is 26.2 Å². The summed E-state index contributed by atoms with van der Waals surface area (Å²) in [6, 6.07) is 11.0. The molecule has 2 amide bonds. The summed E-state index contributed by atoms with van der Waals surface area (Å²) in [5.41, 5.74) is 0.551. The van der Waals surface area contributed by atoms with Crippen LogP contribution < -0.4 is 0 Å². The third kappa shape index (κ3) is 4.26. The van der Waals surface area contributed by atoms with Gasteiger partial charge in [0.05, 0.1) is 16.3 Å². The standard InChI is InChI=1S/C21H18Cl2FN5O2/c1-13-25-19(26-29(13)18-5-3-2-4-16(18)23)21(31)28-10-8-27(9-11-28)20(30)15-12-14(22)6-7-17(15)24/h2-7,12H,8-11H2,1H3. The summed E-state index contributed by atoms with van der Waals surface area (Å²) in [5, 5.41) is 5.11. The molecule has 0 saturated carbocycles. The molecule has 1 aromatic heterocycles. The Bertz CT molecular complexity index is 1160. The fourth-order valence-electron chi connectivity index (χ4n) is 3.42. The number of aromatic nitrogens is 3. The second-order valence-corrected chi connectivity index (χ2v) is 7.90. The van der Waals surface area contributed by atoms with Gasteiger partial charge < -0.3 is 9.80 Å². The Morgan fingerprint density at radius 1 is 0.968 bits per heavy atom. The molecule has 1 saturated heterocycles. The molecule has 31 heavy (non-hydrogen) atoms. The molecule has 3 aromatic rings. The van der Waals surface area contributed by atoms with Crippen LogP contribution in [-0.4, -0.2) is 62.6 Å². The van der Waals surface area contributed by atoms with E-state index >= 15 is 0 Å². The second kappa shape index (κ2) is 8.64. The van der Waals surface area contributed by atoms with Crippen molar-refractivity contribution in [2.24, 2.45) is 0 Å². The van der Waals surface area contributed by atoms with Crippen molar-refractivity contribution in [3.63, 3.8) is 0 Å². The summed E-state index contributed by atoms with van der Waals surface area (Å²) < 4.78 is 15.5. The van der Waals surface area contributed by atoms with Crippen LogP contribution in [0.2, 0.25) is 10.0 Å². The lowest BCUT2D eigenvalue weighted by molar-refractivity contribution is 0.0526. The number of aryl methyl sites for hydroxylation is 1. The highest BCUT2D eigenvalue weighted by molar-refractivity contribution is 6.32. The van der Waals surface area contributed by atoms with E-state index in [1.807, 2.05) is 6.07 Å². The topological polar surface area (TPSA) is 71.3 Å². The van der Waals surface area contributed by atoms with Crippen molar-refractivity contribution in [2.45, 2.75) is 6.92 Å². The average Bonchev–Trinajstić information content (AvgIpc) is 3.16. The van der Waals surface area contributed by atoms with Crippen molar-refractivity contribution < 1.29 is 14.0 Å². The monoisotopic (exact) mass is 461 g/mol. The summed E-state index contributed by atoms with van der Waals surface area (Å²) in [6.45, 7) is 2.84. The Morgan fingerprint density at radius 3 is 2.29 bits per heavy atom. The van der Waals surface area contributed by atoms with Gasteiger partial charge in [0.2, 0.25) is 5.82 Å². The molecule has 0 unspecified atom stereocenters. The Kier molecular flexibility index (Phi) is 5.93. The summed E-state index contributed by atoms with van der Waals surface area (Å²) in [5.74, 6) is -0.837. The fraction of sp³-hybridized carbons (Fsp3) is 0.238. The van der Waals surface area contributed by atoms with Gasteiger partial charge in [0.1, 0.15) is 11.6 Å². The van der Waals surface area contributed by atoms with Gasteiger partial charge in [-0.05, 0) is 37.3 Å². The normalized spacial score (nSPS) is 14.1. The highest BCUT2D eigenvalue weighted by Crippen LogP contribution is 2.21. The van der Waals surface area contributed by atoms with Crippen LogP contribution in [0, 0.1) is 12.7 Å². The number of amides is 2. The van der Waals surface area contributed by atoms with E-state index in [4.69, 9.17) is 23.2 Å². The minimum atomic E-state index is -0.627. The minimum absolute atomic E-state index is 0.0538. The second-order valence-electron chi connectivity index (χ2n) is 7.05. The number of carbonyl (C=O) groups is 2. The van der Waals surface area contributed by atoms with Crippen molar-refractivity contribution in [3.05, 3.63) is 75.5 Å². The molecule has 0 N–H and O–H groups in total. The van der Waals surface area contributed by atoms with E-state index in [1.54, 1.807) is 30.0 Å². The van der Waals surface area contributed by atoms with Gasteiger partial charge in [0, 0.05) is 31.2 Å². The molecule has 0 atom stereocenters. The number of carbonyl (C=O) groups excluding carboxylic acids is 2. The highest BCUT2D eigenvalue weighted by Gasteiger charge is 2.29. The molecule has 160 valence electrons. The van der Waals surface area contributed by atoms with Crippen LogP contribution >= 0.6 is 23.2 Å². The molecule has 0 aliphatic carbocycles. The van der Waals surface area contributed by atoms with Gasteiger partial charge in [-0.2, -0.15) is 0 Å². The number of halogens is 3. The maximum Gasteiger partial charge on any atom is 0.293 e. The molecule has 0 radical (unpaired) electrons. The van der Waals surface area contributed by atoms with Crippen LogP contribution in [0.5, 0.6) is 0 Å². The Labute approximate surface area is 188 Å². The fourth-order valence-corrected chi connectivity index (χ4v) is 3.81. The molecule has 2 heterocycles. The maximum absolute atomic E-state index is 14.0. The lowest BCUT2D eigenvalue weighted by atomic mass is 10.1. The van der Waals surface area contributed by atoms with Crippen molar-refractivity contribution >= 4 is 35.0 Å². The summed E-state index contributed by atoms with van der Waals surface area (Å²) in [6.07, 6.45) is 0. The Morgan fingerprint density at radius 2 is 1.61 bits per heavy atom. The molecule has 0 bridgehead atoms. The molecule has 1 aliphatic rings. The van der Waals surface area contributed by atoms with Crippen LogP contribution in [0.4, 0.5) is 4.39 Å². The van der Waals surface area contributed by atoms with Crippen LogP contribution in [0.25, 0.3) is 5.69 Å². The maximum atomic E-state index is 14.0. The molecule has 1 fully saturated rings. The van der Waals surface area contributed by atoms with Crippen LogP contribution in [0.3, 0.4) is 0 Å². The summed E-state index contributed by atoms with van der Waals surface area (Å²) in [4.78, 5) is 32.9. The lowest BCUT2D eigenvalue weighted by Crippen LogP contribution is -2.51. The van der Waals surface area contributed by atoms with E-state index in [0.717, 1.165) is 0 Å². The SMILES string of the molecule is Cc1nc(C(=O)N2CCN(C(=O)c3cc(Cl)ccc3F)CC2)nn1-c1ccccc1Cl. The third-order valence-electron chi connectivity index (χ3n) is 5.05. The number of hydrogen-bond acceptors (Lipinski definition) is 4. The van der Waals surface area contributed by atoms with Gasteiger partial charge in [0.15, 0.2) is 0 Å².